The van der Waals surface area contributed by atoms with Crippen molar-refractivity contribution in [3.63, 3.8) is 0 Å². The number of rotatable bonds is 6. The van der Waals surface area contributed by atoms with Crippen LogP contribution in [-0.4, -0.2) is 20.6 Å². The van der Waals surface area contributed by atoms with Crippen LogP contribution in [0.5, 0.6) is 0 Å². The molecule has 0 spiro atoms. The number of aryl methyl sites for hydroxylation is 1. The van der Waals surface area contributed by atoms with Gasteiger partial charge in [-0.1, -0.05) is 17.7 Å². The Kier molecular flexibility index (Phi) is 6.52. The fraction of sp³-hybridized carbons (Fsp3) is 0.0952. The molecule has 0 bridgehead atoms. The Morgan fingerprint density at radius 2 is 1.55 bits per heavy atom. The van der Waals surface area contributed by atoms with E-state index in [0.29, 0.717) is 22.0 Å². The molecule has 0 heterocycles. The summed E-state index contributed by atoms with van der Waals surface area (Å²) in [4.78, 5) is 13.5. The van der Waals surface area contributed by atoms with E-state index in [2.05, 4.69) is 10.0 Å². The molecule has 0 saturated heterocycles. The second-order valence-corrected chi connectivity index (χ2v) is 9.25. The number of nitrogens with one attached hydrogen (secondary N) is 2. The zero-order chi connectivity index (χ0) is 21.0. The van der Waals surface area contributed by atoms with Gasteiger partial charge >= 0.3 is 0 Å². The van der Waals surface area contributed by atoms with Crippen LogP contribution in [0.3, 0.4) is 0 Å². The van der Waals surface area contributed by atoms with E-state index in [9.17, 15) is 13.2 Å². The second-order valence-electron chi connectivity index (χ2n) is 6.28. The van der Waals surface area contributed by atoms with E-state index >= 15 is 0 Å². The minimum absolute atomic E-state index is 0.174. The van der Waals surface area contributed by atoms with Crippen LogP contribution in [0, 0.1) is 6.92 Å². The summed E-state index contributed by atoms with van der Waals surface area (Å²) >= 11 is 7.61. The molecule has 0 aliphatic rings. The van der Waals surface area contributed by atoms with Crippen molar-refractivity contribution in [1.82, 2.24) is 0 Å². The lowest BCUT2D eigenvalue weighted by Gasteiger charge is -2.10. The topological polar surface area (TPSA) is 75.3 Å². The fourth-order valence-corrected chi connectivity index (χ4v) is 4.18. The number of hydrogen-bond donors (Lipinski definition) is 2. The van der Waals surface area contributed by atoms with Gasteiger partial charge in [-0.3, -0.25) is 9.52 Å². The Morgan fingerprint density at radius 3 is 2.14 bits per heavy atom. The van der Waals surface area contributed by atoms with Gasteiger partial charge in [0.15, 0.2) is 0 Å². The summed E-state index contributed by atoms with van der Waals surface area (Å²) in [7, 11) is -3.70. The van der Waals surface area contributed by atoms with E-state index in [1.54, 1.807) is 60.7 Å². The van der Waals surface area contributed by atoms with Crippen molar-refractivity contribution in [3.8, 4) is 0 Å². The van der Waals surface area contributed by atoms with Crippen LogP contribution in [0.4, 0.5) is 11.4 Å². The molecule has 0 atom stereocenters. The minimum Gasteiger partial charge on any atom is -0.322 e. The van der Waals surface area contributed by atoms with E-state index in [0.717, 1.165) is 10.5 Å². The summed E-state index contributed by atoms with van der Waals surface area (Å²) in [5, 5.41) is 3.33. The van der Waals surface area contributed by atoms with Crippen molar-refractivity contribution in [2.45, 2.75) is 16.7 Å². The summed E-state index contributed by atoms with van der Waals surface area (Å²) in [6.07, 6.45) is 1.92. The molecule has 1 amide bonds. The molecule has 150 valence electrons. The monoisotopic (exact) mass is 446 g/mol. The van der Waals surface area contributed by atoms with Crippen molar-refractivity contribution in [2.75, 3.05) is 16.3 Å². The first-order valence-electron chi connectivity index (χ1n) is 8.63. The van der Waals surface area contributed by atoms with Gasteiger partial charge in [-0.05, 0) is 79.4 Å². The third-order valence-corrected chi connectivity index (χ3v) is 6.75. The van der Waals surface area contributed by atoms with E-state index in [4.69, 9.17) is 11.6 Å². The van der Waals surface area contributed by atoms with E-state index in [1.165, 1.54) is 11.8 Å². The molecule has 0 unspecified atom stereocenters. The molecule has 0 saturated carbocycles. The Hall–Kier alpha value is -2.48. The molecule has 3 rings (SSSR count). The average molecular weight is 447 g/mol. The van der Waals surface area contributed by atoms with Gasteiger partial charge in [-0.2, -0.15) is 0 Å². The van der Waals surface area contributed by atoms with Gasteiger partial charge in [-0.15, -0.1) is 11.8 Å². The molecular weight excluding hydrogens is 428 g/mol. The van der Waals surface area contributed by atoms with Crippen molar-refractivity contribution < 1.29 is 13.2 Å². The van der Waals surface area contributed by atoms with Crippen LogP contribution in [0.1, 0.15) is 15.9 Å². The molecule has 0 aliphatic heterocycles. The largest absolute Gasteiger partial charge is 0.322 e. The number of sulfonamides is 1. The minimum atomic E-state index is -3.70. The predicted molar refractivity (Wildman–Crippen MR) is 120 cm³/mol. The van der Waals surface area contributed by atoms with Crippen molar-refractivity contribution in [2.24, 2.45) is 0 Å². The third kappa shape index (κ3) is 5.32. The first-order valence-corrected chi connectivity index (χ1v) is 11.7. The summed E-state index contributed by atoms with van der Waals surface area (Å²) in [6.45, 7) is 1.88. The highest BCUT2D eigenvalue weighted by Gasteiger charge is 2.14. The highest BCUT2D eigenvalue weighted by molar-refractivity contribution is 7.98. The molecule has 0 aromatic heterocycles. The van der Waals surface area contributed by atoms with Gasteiger partial charge < -0.3 is 5.32 Å². The number of hydrogen-bond acceptors (Lipinski definition) is 4. The Labute approximate surface area is 179 Å². The van der Waals surface area contributed by atoms with Crippen LogP contribution in [0.25, 0.3) is 0 Å². The lowest BCUT2D eigenvalue weighted by molar-refractivity contribution is 0.102. The Bertz CT molecular complexity index is 1130. The Balaban J connectivity index is 1.70. The van der Waals surface area contributed by atoms with Crippen LogP contribution >= 0.6 is 23.4 Å². The number of carbonyl (C=O) groups excluding carboxylic acids is 1. The first kappa shape index (κ1) is 21.2. The molecule has 3 aromatic rings. The molecule has 5 nitrogen and oxygen atoms in total. The van der Waals surface area contributed by atoms with Crippen LogP contribution in [-0.2, 0) is 10.0 Å². The molecular formula is C21H19ClN2O3S2. The number of halogens is 1. The van der Waals surface area contributed by atoms with Gasteiger partial charge in [-0.25, -0.2) is 8.42 Å². The number of carbonyl (C=O) groups is 1. The van der Waals surface area contributed by atoms with Crippen molar-refractivity contribution in [3.05, 3.63) is 82.9 Å². The van der Waals surface area contributed by atoms with Crippen molar-refractivity contribution in [1.29, 1.82) is 0 Å². The van der Waals surface area contributed by atoms with Gasteiger partial charge in [0.1, 0.15) is 0 Å². The summed E-state index contributed by atoms with van der Waals surface area (Å²) < 4.78 is 27.5. The fourth-order valence-electron chi connectivity index (χ4n) is 2.53. The molecule has 2 N–H and O–H groups in total. The number of thioether (sulfide) groups is 1. The number of anilines is 2. The maximum absolute atomic E-state index is 12.5. The smallest absolute Gasteiger partial charge is 0.261 e. The van der Waals surface area contributed by atoms with Crippen LogP contribution < -0.4 is 10.0 Å². The summed E-state index contributed by atoms with van der Waals surface area (Å²) in [5.41, 5.74) is 2.27. The van der Waals surface area contributed by atoms with Crippen molar-refractivity contribution >= 4 is 50.7 Å². The first-order chi connectivity index (χ1) is 13.8. The maximum Gasteiger partial charge on any atom is 0.261 e. The quantitative estimate of drug-likeness (QED) is 0.495. The highest BCUT2D eigenvalue weighted by atomic mass is 35.5. The zero-order valence-corrected chi connectivity index (χ0v) is 18.2. The average Bonchev–Trinajstić information content (AvgIpc) is 2.71. The maximum atomic E-state index is 12.5. The van der Waals surface area contributed by atoms with Gasteiger partial charge in [0, 0.05) is 26.9 Å². The highest BCUT2D eigenvalue weighted by Crippen LogP contribution is 2.22. The normalized spacial score (nSPS) is 11.1. The molecule has 0 fully saturated rings. The lowest BCUT2D eigenvalue weighted by atomic mass is 10.2. The number of amides is 1. The molecule has 3 aromatic carbocycles. The number of benzene rings is 3. The predicted octanol–water partition coefficient (Wildman–Crippen LogP) is 5.42. The second kappa shape index (κ2) is 8.90. The molecule has 8 heteroatoms. The summed E-state index contributed by atoms with van der Waals surface area (Å²) in [6, 6.07) is 18.1. The van der Waals surface area contributed by atoms with Gasteiger partial charge in [0.25, 0.3) is 15.9 Å². The molecule has 29 heavy (non-hydrogen) atoms. The van der Waals surface area contributed by atoms with E-state index < -0.39 is 10.0 Å². The Morgan fingerprint density at radius 1 is 0.931 bits per heavy atom. The lowest BCUT2D eigenvalue weighted by Crippen LogP contribution is -2.14. The van der Waals surface area contributed by atoms with Gasteiger partial charge in [0.2, 0.25) is 0 Å². The third-order valence-electron chi connectivity index (χ3n) is 4.20. The van der Waals surface area contributed by atoms with E-state index in [-0.39, 0.29) is 10.8 Å². The molecule has 0 radical (unpaired) electrons. The van der Waals surface area contributed by atoms with Crippen LogP contribution in [0.2, 0.25) is 5.02 Å². The zero-order valence-electron chi connectivity index (χ0n) is 15.8. The standard InChI is InChI=1S/C21H19ClN2O3S2/c1-14-3-6-17(13-20(14)22)23-21(25)15-4-7-16(8-5-15)24-29(26,27)19-11-9-18(28-2)10-12-19/h3-13,24H,1-2H3,(H,23,25). The van der Waals surface area contributed by atoms with E-state index in [1.807, 2.05) is 19.2 Å². The SMILES string of the molecule is CSc1ccc(S(=O)(=O)Nc2ccc(C(=O)Nc3ccc(C)c(Cl)c3)cc2)cc1. The van der Waals surface area contributed by atoms with Crippen LogP contribution in [0.15, 0.2) is 76.5 Å². The van der Waals surface area contributed by atoms with Gasteiger partial charge in [0.05, 0.1) is 4.90 Å². The summed E-state index contributed by atoms with van der Waals surface area (Å²) in [5.74, 6) is -0.313. The molecule has 0 aliphatic carbocycles.